The molecule has 4 saturated carbocycles. The first-order chi connectivity index (χ1) is 9.72. The number of aromatic nitrogens is 2. The Kier molecular flexibility index (Phi) is 2.14. The lowest BCUT2D eigenvalue weighted by Crippen LogP contribution is -2.48. The van der Waals surface area contributed by atoms with E-state index in [0.29, 0.717) is 5.41 Å². The normalized spacial score (nSPS) is 38.7. The molecule has 0 aliphatic heterocycles. The molecule has 6 rings (SSSR count). The van der Waals surface area contributed by atoms with Crippen LogP contribution >= 0.6 is 11.3 Å². The highest BCUT2D eigenvalue weighted by Crippen LogP contribution is 2.61. The molecule has 20 heavy (non-hydrogen) atoms. The molecule has 0 amide bonds. The van der Waals surface area contributed by atoms with Crippen LogP contribution in [0, 0.1) is 17.8 Å². The van der Waals surface area contributed by atoms with Gasteiger partial charge in [-0.1, -0.05) is 0 Å². The fourth-order valence-electron chi connectivity index (χ4n) is 5.54. The van der Waals surface area contributed by atoms with Crippen molar-refractivity contribution in [2.24, 2.45) is 17.8 Å². The van der Waals surface area contributed by atoms with Crippen LogP contribution in [0.5, 0.6) is 0 Å². The molecule has 2 aromatic heterocycles. The molecule has 2 heterocycles. The van der Waals surface area contributed by atoms with Crippen molar-refractivity contribution in [2.75, 3.05) is 0 Å². The Balaban J connectivity index is 1.67. The summed E-state index contributed by atoms with van der Waals surface area (Å²) < 4.78 is 0.818. The van der Waals surface area contributed by atoms with Gasteiger partial charge in [-0.3, -0.25) is 4.79 Å². The van der Waals surface area contributed by atoms with Crippen molar-refractivity contribution in [1.82, 2.24) is 9.97 Å². The van der Waals surface area contributed by atoms with Gasteiger partial charge in [0.05, 0.1) is 11.8 Å². The molecule has 0 atom stereocenters. The fraction of sp³-hybridized carbons (Fsp3) is 0.625. The predicted octanol–water partition coefficient (Wildman–Crippen LogP) is 3.45. The Morgan fingerprint density at radius 2 is 1.80 bits per heavy atom. The number of nitrogens with one attached hydrogen (secondary N) is 1. The Hall–Kier alpha value is -1.16. The van der Waals surface area contributed by atoms with Gasteiger partial charge >= 0.3 is 0 Å². The van der Waals surface area contributed by atoms with Gasteiger partial charge in [0, 0.05) is 10.3 Å². The molecule has 1 N–H and O–H groups in total. The van der Waals surface area contributed by atoms with Crippen LogP contribution in [0.25, 0.3) is 10.2 Å². The van der Waals surface area contributed by atoms with Crippen LogP contribution in [0.15, 0.2) is 17.2 Å². The molecule has 104 valence electrons. The van der Waals surface area contributed by atoms with Crippen LogP contribution in [0.1, 0.15) is 43.4 Å². The summed E-state index contributed by atoms with van der Waals surface area (Å²) in [6.45, 7) is 0. The van der Waals surface area contributed by atoms with E-state index in [9.17, 15) is 4.79 Å². The van der Waals surface area contributed by atoms with Crippen molar-refractivity contribution >= 4 is 21.6 Å². The van der Waals surface area contributed by atoms with E-state index < -0.39 is 0 Å². The molecule has 4 bridgehead atoms. The second-order valence-corrected chi connectivity index (χ2v) is 8.31. The number of hydrogen-bond donors (Lipinski definition) is 1. The largest absolute Gasteiger partial charge is 0.312 e. The van der Waals surface area contributed by atoms with E-state index in [1.54, 1.807) is 11.3 Å². The van der Waals surface area contributed by atoms with Gasteiger partial charge in [-0.25, -0.2) is 4.98 Å². The van der Waals surface area contributed by atoms with Crippen LogP contribution in [-0.4, -0.2) is 9.97 Å². The summed E-state index contributed by atoms with van der Waals surface area (Å²) in [5.41, 5.74) is 1.30. The standard InChI is InChI=1S/C16H18N2OS/c19-15-14-12(17-8-18-15)4-13(20-14)16-5-9-1-10(6-16)3-11(2-9)7-16/h4,8-11H,1-3,5-7H2,(H,17,18,19). The predicted molar refractivity (Wildman–Crippen MR) is 80.1 cm³/mol. The molecule has 4 aliphatic rings. The zero-order valence-electron chi connectivity index (χ0n) is 11.4. The summed E-state index contributed by atoms with van der Waals surface area (Å²) in [7, 11) is 0. The molecular weight excluding hydrogens is 268 g/mol. The summed E-state index contributed by atoms with van der Waals surface area (Å²) in [6, 6.07) is 2.21. The number of aromatic amines is 1. The summed E-state index contributed by atoms with van der Waals surface area (Å²) in [5, 5.41) is 0. The van der Waals surface area contributed by atoms with Gasteiger partial charge in [0.2, 0.25) is 0 Å². The lowest BCUT2D eigenvalue weighted by atomic mass is 9.49. The van der Waals surface area contributed by atoms with E-state index in [0.717, 1.165) is 28.0 Å². The highest BCUT2D eigenvalue weighted by Gasteiger charge is 2.52. The van der Waals surface area contributed by atoms with Crippen molar-refractivity contribution in [3.8, 4) is 0 Å². The van der Waals surface area contributed by atoms with E-state index in [4.69, 9.17) is 0 Å². The van der Waals surface area contributed by atoms with Crippen LogP contribution in [0.4, 0.5) is 0 Å². The molecule has 4 fully saturated rings. The van der Waals surface area contributed by atoms with Crippen molar-refractivity contribution < 1.29 is 0 Å². The van der Waals surface area contributed by atoms with Crippen LogP contribution in [0.2, 0.25) is 0 Å². The Morgan fingerprint density at radius 1 is 1.15 bits per heavy atom. The number of fused-ring (bicyclic) bond motifs is 1. The number of H-pyrrole nitrogens is 1. The fourth-order valence-corrected chi connectivity index (χ4v) is 6.76. The van der Waals surface area contributed by atoms with Gasteiger partial charge in [0.1, 0.15) is 4.70 Å². The number of nitrogens with zero attached hydrogens (tertiary/aromatic N) is 1. The quantitative estimate of drug-likeness (QED) is 0.872. The highest BCUT2D eigenvalue weighted by atomic mass is 32.1. The number of hydrogen-bond acceptors (Lipinski definition) is 3. The van der Waals surface area contributed by atoms with Gasteiger partial charge in [0.25, 0.3) is 5.56 Å². The Bertz CT molecular complexity index is 709. The minimum absolute atomic E-state index is 0.0241. The summed E-state index contributed by atoms with van der Waals surface area (Å²) in [4.78, 5) is 20.4. The van der Waals surface area contributed by atoms with Crippen molar-refractivity contribution in [3.63, 3.8) is 0 Å². The Morgan fingerprint density at radius 3 is 2.40 bits per heavy atom. The molecule has 3 nitrogen and oxygen atoms in total. The monoisotopic (exact) mass is 286 g/mol. The van der Waals surface area contributed by atoms with Crippen molar-refractivity contribution in [1.29, 1.82) is 0 Å². The molecule has 0 saturated heterocycles. The third kappa shape index (κ3) is 1.46. The SMILES string of the molecule is O=c1[nH]cnc2cc(C34CC5CC(CC(C5)C3)C4)sc12. The maximum atomic E-state index is 11.9. The molecule has 0 unspecified atom stereocenters. The smallest absolute Gasteiger partial charge is 0.268 e. The first-order valence-electron chi connectivity index (χ1n) is 7.70. The minimum Gasteiger partial charge on any atom is -0.312 e. The average molecular weight is 286 g/mol. The Labute approximate surface area is 121 Å². The second kappa shape index (κ2) is 3.73. The number of rotatable bonds is 1. The van der Waals surface area contributed by atoms with E-state index in [1.165, 1.54) is 49.7 Å². The van der Waals surface area contributed by atoms with Crippen LogP contribution in [0.3, 0.4) is 0 Å². The third-order valence-electron chi connectivity index (χ3n) is 5.88. The van der Waals surface area contributed by atoms with E-state index in [-0.39, 0.29) is 5.56 Å². The average Bonchev–Trinajstić information content (AvgIpc) is 2.83. The molecule has 4 heteroatoms. The molecule has 4 aliphatic carbocycles. The van der Waals surface area contributed by atoms with E-state index in [2.05, 4.69) is 16.0 Å². The topological polar surface area (TPSA) is 45.8 Å². The summed E-state index contributed by atoms with van der Waals surface area (Å²) >= 11 is 1.71. The number of thiophene rings is 1. The molecule has 2 aromatic rings. The molecule has 0 aromatic carbocycles. The van der Waals surface area contributed by atoms with E-state index in [1.807, 2.05) is 0 Å². The van der Waals surface area contributed by atoms with Crippen molar-refractivity contribution in [2.45, 2.75) is 43.9 Å². The summed E-state index contributed by atoms with van der Waals surface area (Å²) in [6.07, 6.45) is 9.97. The van der Waals surface area contributed by atoms with Crippen molar-refractivity contribution in [3.05, 3.63) is 27.6 Å². The highest BCUT2D eigenvalue weighted by molar-refractivity contribution is 7.19. The maximum Gasteiger partial charge on any atom is 0.268 e. The van der Waals surface area contributed by atoms with E-state index >= 15 is 0 Å². The van der Waals surface area contributed by atoms with Gasteiger partial charge in [-0.2, -0.15) is 0 Å². The van der Waals surface area contributed by atoms with Crippen LogP contribution < -0.4 is 5.56 Å². The molecular formula is C16H18N2OS. The first kappa shape index (κ1) is 11.5. The van der Waals surface area contributed by atoms with Gasteiger partial charge in [-0.05, 0) is 62.3 Å². The second-order valence-electron chi connectivity index (χ2n) is 7.25. The van der Waals surface area contributed by atoms with Gasteiger partial charge < -0.3 is 4.98 Å². The molecule has 0 radical (unpaired) electrons. The lowest BCUT2D eigenvalue weighted by Gasteiger charge is -2.56. The zero-order valence-corrected chi connectivity index (χ0v) is 12.2. The summed E-state index contributed by atoms with van der Waals surface area (Å²) in [5.74, 6) is 2.83. The van der Waals surface area contributed by atoms with Gasteiger partial charge in [0.15, 0.2) is 0 Å². The minimum atomic E-state index is 0.0241. The maximum absolute atomic E-state index is 11.9. The van der Waals surface area contributed by atoms with Crippen LogP contribution in [-0.2, 0) is 5.41 Å². The molecule has 0 spiro atoms. The zero-order chi connectivity index (χ0) is 13.3. The first-order valence-corrected chi connectivity index (χ1v) is 8.51. The van der Waals surface area contributed by atoms with Gasteiger partial charge in [-0.15, -0.1) is 11.3 Å². The lowest BCUT2D eigenvalue weighted by molar-refractivity contribution is -0.00343. The third-order valence-corrected chi connectivity index (χ3v) is 7.25.